The molecule has 100 valence electrons. The molecule has 0 fully saturated rings. The van der Waals surface area contributed by atoms with Crippen LogP contribution in [-0.2, 0) is 11.3 Å². The van der Waals surface area contributed by atoms with Crippen LogP contribution in [0.4, 0.5) is 0 Å². The lowest BCUT2D eigenvalue weighted by atomic mass is 10.0. The molecule has 2 atom stereocenters. The van der Waals surface area contributed by atoms with Crippen molar-refractivity contribution in [1.29, 1.82) is 0 Å². The lowest BCUT2D eigenvalue weighted by Gasteiger charge is -2.20. The van der Waals surface area contributed by atoms with Crippen LogP contribution in [-0.4, -0.2) is 11.2 Å². The van der Waals surface area contributed by atoms with Crippen LogP contribution in [0.2, 0.25) is 0 Å². The third-order valence-electron chi connectivity index (χ3n) is 3.02. The summed E-state index contributed by atoms with van der Waals surface area (Å²) in [6.07, 6.45) is 0.166. The third kappa shape index (κ3) is 4.51. The van der Waals surface area contributed by atoms with Crippen molar-refractivity contribution in [3.05, 3.63) is 71.8 Å². The smallest absolute Gasteiger partial charge is 0.0854 e. The van der Waals surface area contributed by atoms with Gasteiger partial charge in [0.25, 0.3) is 0 Å². The minimum absolute atomic E-state index is 0.0681. The number of rotatable bonds is 6. The molecule has 2 aromatic rings. The minimum Gasteiger partial charge on any atom is -0.393 e. The maximum Gasteiger partial charge on any atom is 0.0854 e. The standard InChI is InChI=1S/C17H20O2/c1-14(18)12-17(16-10-6-3-7-11-16)19-13-15-8-4-2-5-9-15/h2-11,14,17-18H,12-13H2,1H3/t14-,17+/m1/s1. The number of aliphatic hydroxyl groups excluding tert-OH is 1. The fraction of sp³-hybridized carbons (Fsp3) is 0.294. The largest absolute Gasteiger partial charge is 0.393 e. The van der Waals surface area contributed by atoms with E-state index in [2.05, 4.69) is 0 Å². The number of hydrogen-bond acceptors (Lipinski definition) is 2. The average molecular weight is 256 g/mol. The highest BCUT2D eigenvalue weighted by molar-refractivity contribution is 5.18. The van der Waals surface area contributed by atoms with Crippen molar-refractivity contribution in [2.75, 3.05) is 0 Å². The Morgan fingerprint density at radius 2 is 1.53 bits per heavy atom. The van der Waals surface area contributed by atoms with Gasteiger partial charge < -0.3 is 9.84 Å². The number of hydrogen-bond donors (Lipinski definition) is 1. The summed E-state index contributed by atoms with van der Waals surface area (Å²) in [4.78, 5) is 0. The van der Waals surface area contributed by atoms with Gasteiger partial charge >= 0.3 is 0 Å². The maximum absolute atomic E-state index is 9.60. The molecule has 0 bridgehead atoms. The molecule has 0 aromatic heterocycles. The summed E-state index contributed by atoms with van der Waals surface area (Å²) in [6.45, 7) is 2.36. The zero-order chi connectivity index (χ0) is 13.5. The fourth-order valence-corrected chi connectivity index (χ4v) is 2.05. The topological polar surface area (TPSA) is 29.5 Å². The first-order valence-corrected chi connectivity index (χ1v) is 6.64. The Bertz CT molecular complexity index is 465. The van der Waals surface area contributed by atoms with E-state index in [4.69, 9.17) is 4.74 Å². The van der Waals surface area contributed by atoms with Gasteiger partial charge in [-0.15, -0.1) is 0 Å². The van der Waals surface area contributed by atoms with Crippen molar-refractivity contribution < 1.29 is 9.84 Å². The summed E-state index contributed by atoms with van der Waals surface area (Å²) in [5, 5.41) is 9.60. The van der Waals surface area contributed by atoms with Gasteiger partial charge in [0.2, 0.25) is 0 Å². The molecule has 1 N–H and O–H groups in total. The van der Waals surface area contributed by atoms with E-state index in [0.717, 1.165) is 11.1 Å². The van der Waals surface area contributed by atoms with Crippen molar-refractivity contribution in [1.82, 2.24) is 0 Å². The second kappa shape index (κ2) is 7.07. The highest BCUT2D eigenvalue weighted by Gasteiger charge is 2.14. The predicted molar refractivity (Wildman–Crippen MR) is 76.7 cm³/mol. The van der Waals surface area contributed by atoms with Gasteiger partial charge in [-0.05, 0) is 18.1 Å². The molecule has 0 saturated carbocycles. The number of aliphatic hydroxyl groups is 1. The summed E-state index contributed by atoms with van der Waals surface area (Å²) >= 11 is 0. The molecular formula is C17H20O2. The van der Waals surface area contributed by atoms with Gasteiger partial charge in [0, 0.05) is 6.42 Å². The molecule has 0 radical (unpaired) electrons. The number of benzene rings is 2. The Hall–Kier alpha value is -1.64. The van der Waals surface area contributed by atoms with E-state index in [9.17, 15) is 5.11 Å². The second-order valence-electron chi connectivity index (χ2n) is 4.78. The number of ether oxygens (including phenoxy) is 1. The molecule has 2 aromatic carbocycles. The Morgan fingerprint density at radius 1 is 0.947 bits per heavy atom. The van der Waals surface area contributed by atoms with Crippen molar-refractivity contribution in [3.63, 3.8) is 0 Å². The SMILES string of the molecule is C[C@@H](O)C[C@H](OCc1ccccc1)c1ccccc1. The molecule has 0 amide bonds. The Labute approximate surface area is 114 Å². The summed E-state index contributed by atoms with van der Waals surface area (Å²) in [5.74, 6) is 0. The summed E-state index contributed by atoms with van der Waals surface area (Å²) in [6, 6.07) is 20.2. The summed E-state index contributed by atoms with van der Waals surface area (Å²) < 4.78 is 5.97. The van der Waals surface area contributed by atoms with E-state index in [0.29, 0.717) is 13.0 Å². The maximum atomic E-state index is 9.60. The zero-order valence-corrected chi connectivity index (χ0v) is 11.2. The lowest BCUT2D eigenvalue weighted by Crippen LogP contribution is -2.12. The predicted octanol–water partition coefficient (Wildman–Crippen LogP) is 3.72. The van der Waals surface area contributed by atoms with Crippen molar-refractivity contribution >= 4 is 0 Å². The van der Waals surface area contributed by atoms with Gasteiger partial charge in [-0.2, -0.15) is 0 Å². The second-order valence-corrected chi connectivity index (χ2v) is 4.78. The first-order chi connectivity index (χ1) is 9.25. The van der Waals surface area contributed by atoms with Crippen LogP contribution >= 0.6 is 0 Å². The van der Waals surface area contributed by atoms with Crippen LogP contribution in [0.3, 0.4) is 0 Å². The van der Waals surface area contributed by atoms with Crippen LogP contribution < -0.4 is 0 Å². The fourth-order valence-electron chi connectivity index (χ4n) is 2.05. The van der Waals surface area contributed by atoms with Crippen LogP contribution in [0.5, 0.6) is 0 Å². The Kier molecular flexibility index (Phi) is 5.13. The first kappa shape index (κ1) is 13.8. The highest BCUT2D eigenvalue weighted by Crippen LogP contribution is 2.24. The monoisotopic (exact) mass is 256 g/mol. The molecule has 2 nitrogen and oxygen atoms in total. The molecular weight excluding hydrogens is 236 g/mol. The van der Waals surface area contributed by atoms with E-state index in [-0.39, 0.29) is 12.2 Å². The molecule has 0 unspecified atom stereocenters. The van der Waals surface area contributed by atoms with Crippen molar-refractivity contribution in [2.45, 2.75) is 32.2 Å². The lowest BCUT2D eigenvalue weighted by molar-refractivity contribution is 0.00640. The quantitative estimate of drug-likeness (QED) is 0.853. The molecule has 0 aliphatic rings. The van der Waals surface area contributed by atoms with E-state index < -0.39 is 0 Å². The Morgan fingerprint density at radius 3 is 2.11 bits per heavy atom. The van der Waals surface area contributed by atoms with E-state index in [1.165, 1.54) is 0 Å². The molecule has 19 heavy (non-hydrogen) atoms. The van der Waals surface area contributed by atoms with Crippen LogP contribution in [0.15, 0.2) is 60.7 Å². The van der Waals surface area contributed by atoms with Crippen LogP contribution in [0, 0.1) is 0 Å². The molecule has 0 aliphatic carbocycles. The van der Waals surface area contributed by atoms with Crippen molar-refractivity contribution in [3.8, 4) is 0 Å². The van der Waals surface area contributed by atoms with E-state index in [1.54, 1.807) is 6.92 Å². The molecule has 2 heteroatoms. The summed E-state index contributed by atoms with van der Waals surface area (Å²) in [5.41, 5.74) is 2.26. The van der Waals surface area contributed by atoms with Gasteiger partial charge in [0.05, 0.1) is 18.8 Å². The minimum atomic E-state index is -0.374. The molecule has 0 saturated heterocycles. The molecule has 0 heterocycles. The summed E-state index contributed by atoms with van der Waals surface area (Å²) in [7, 11) is 0. The van der Waals surface area contributed by atoms with Gasteiger partial charge in [-0.25, -0.2) is 0 Å². The van der Waals surface area contributed by atoms with E-state index in [1.807, 2.05) is 60.7 Å². The van der Waals surface area contributed by atoms with Gasteiger partial charge in [0.1, 0.15) is 0 Å². The van der Waals surface area contributed by atoms with Gasteiger partial charge in [0.15, 0.2) is 0 Å². The van der Waals surface area contributed by atoms with Gasteiger partial charge in [-0.1, -0.05) is 60.7 Å². The zero-order valence-electron chi connectivity index (χ0n) is 11.2. The average Bonchev–Trinajstić information content (AvgIpc) is 2.45. The van der Waals surface area contributed by atoms with Crippen LogP contribution in [0.1, 0.15) is 30.6 Å². The van der Waals surface area contributed by atoms with Crippen molar-refractivity contribution in [2.24, 2.45) is 0 Å². The molecule has 0 spiro atoms. The third-order valence-corrected chi connectivity index (χ3v) is 3.02. The van der Waals surface area contributed by atoms with E-state index >= 15 is 0 Å². The molecule has 2 rings (SSSR count). The van der Waals surface area contributed by atoms with Crippen LogP contribution in [0.25, 0.3) is 0 Å². The first-order valence-electron chi connectivity index (χ1n) is 6.64. The Balaban J connectivity index is 2.02. The normalized spacial score (nSPS) is 14.0. The molecule has 0 aliphatic heterocycles. The van der Waals surface area contributed by atoms with Gasteiger partial charge in [-0.3, -0.25) is 0 Å². The highest BCUT2D eigenvalue weighted by atomic mass is 16.5.